The molecular formula is C15H17BClN3O2. The lowest BCUT2D eigenvalue weighted by atomic mass is 9.78. The molecule has 0 aliphatic carbocycles. The van der Waals surface area contributed by atoms with Gasteiger partial charge in [0.05, 0.1) is 27.8 Å². The van der Waals surface area contributed by atoms with Crippen LogP contribution in [0, 0.1) is 11.3 Å². The molecule has 1 fully saturated rings. The highest BCUT2D eigenvalue weighted by Gasteiger charge is 2.52. The molecule has 0 N–H and O–H groups in total. The van der Waals surface area contributed by atoms with Crippen LogP contribution in [-0.2, 0) is 15.9 Å². The van der Waals surface area contributed by atoms with E-state index in [-0.39, 0.29) is 6.54 Å². The molecule has 1 aliphatic heterocycles. The van der Waals surface area contributed by atoms with Crippen LogP contribution in [0.25, 0.3) is 10.9 Å². The molecule has 0 radical (unpaired) electrons. The van der Waals surface area contributed by atoms with Crippen LogP contribution in [0.2, 0.25) is 5.02 Å². The van der Waals surface area contributed by atoms with Crippen molar-refractivity contribution in [2.45, 2.75) is 45.4 Å². The van der Waals surface area contributed by atoms with Gasteiger partial charge in [0.25, 0.3) is 0 Å². The van der Waals surface area contributed by atoms with Crippen LogP contribution in [0.15, 0.2) is 18.3 Å². The minimum Gasteiger partial charge on any atom is -0.399 e. The van der Waals surface area contributed by atoms with Crippen molar-refractivity contribution in [2.24, 2.45) is 0 Å². The molecule has 0 atom stereocenters. The van der Waals surface area contributed by atoms with Gasteiger partial charge in [0.2, 0.25) is 0 Å². The minimum absolute atomic E-state index is 0.191. The first-order chi connectivity index (χ1) is 10.2. The van der Waals surface area contributed by atoms with Crippen molar-refractivity contribution >= 4 is 35.1 Å². The zero-order valence-electron chi connectivity index (χ0n) is 13.1. The summed E-state index contributed by atoms with van der Waals surface area (Å²) in [6.07, 6.45) is 1.77. The summed E-state index contributed by atoms with van der Waals surface area (Å²) in [5, 5.41) is 14.4. The Kier molecular flexibility index (Phi) is 3.48. The first-order valence-corrected chi connectivity index (χ1v) is 7.51. The average molecular weight is 318 g/mol. The summed E-state index contributed by atoms with van der Waals surface area (Å²) in [6, 6.07) is 5.81. The van der Waals surface area contributed by atoms with Gasteiger partial charge >= 0.3 is 7.12 Å². The van der Waals surface area contributed by atoms with E-state index in [9.17, 15) is 0 Å². The van der Waals surface area contributed by atoms with Crippen LogP contribution in [0.5, 0.6) is 0 Å². The van der Waals surface area contributed by atoms with Gasteiger partial charge in [-0.25, -0.2) is 0 Å². The molecule has 114 valence electrons. The van der Waals surface area contributed by atoms with Crippen LogP contribution in [0.4, 0.5) is 0 Å². The molecule has 2 aromatic rings. The molecular weight excluding hydrogens is 300 g/mol. The molecule has 2 heterocycles. The molecule has 0 saturated carbocycles. The zero-order valence-corrected chi connectivity index (χ0v) is 13.8. The highest BCUT2D eigenvalue weighted by molar-refractivity contribution is 6.66. The van der Waals surface area contributed by atoms with Crippen LogP contribution in [0.3, 0.4) is 0 Å². The molecule has 7 heteroatoms. The number of aromatic nitrogens is 2. The van der Waals surface area contributed by atoms with E-state index in [0.29, 0.717) is 5.02 Å². The topological polar surface area (TPSA) is 60.1 Å². The Hall–Kier alpha value is -1.55. The molecule has 1 aromatic carbocycles. The maximum absolute atomic E-state index is 8.77. The van der Waals surface area contributed by atoms with Crippen LogP contribution < -0.4 is 5.46 Å². The Balaban J connectivity index is 2.02. The molecule has 0 bridgehead atoms. The summed E-state index contributed by atoms with van der Waals surface area (Å²) in [5.74, 6) is 0. The van der Waals surface area contributed by atoms with Crippen LogP contribution in [0.1, 0.15) is 27.7 Å². The lowest BCUT2D eigenvalue weighted by molar-refractivity contribution is 0.00578. The Morgan fingerprint density at radius 3 is 2.50 bits per heavy atom. The summed E-state index contributed by atoms with van der Waals surface area (Å²) in [7, 11) is -0.513. The zero-order chi connectivity index (χ0) is 16.1. The fraction of sp³-hybridized carbons (Fsp3) is 0.467. The smallest absolute Gasteiger partial charge is 0.399 e. The second-order valence-corrected chi connectivity index (χ2v) is 6.85. The van der Waals surface area contributed by atoms with Crippen molar-refractivity contribution in [1.82, 2.24) is 9.78 Å². The summed E-state index contributed by atoms with van der Waals surface area (Å²) < 4.78 is 13.7. The summed E-state index contributed by atoms with van der Waals surface area (Å²) >= 11 is 6.53. The lowest BCUT2D eigenvalue weighted by Crippen LogP contribution is -2.41. The SMILES string of the molecule is CC1(C)OB(c2ccc3nn(CC#N)cc3c2Cl)OC1(C)C. The van der Waals surface area contributed by atoms with Gasteiger partial charge in [-0.1, -0.05) is 17.7 Å². The van der Waals surface area contributed by atoms with E-state index in [1.54, 1.807) is 10.9 Å². The van der Waals surface area contributed by atoms with Crippen LogP contribution >= 0.6 is 11.6 Å². The van der Waals surface area contributed by atoms with E-state index in [2.05, 4.69) is 11.2 Å². The highest BCUT2D eigenvalue weighted by atomic mass is 35.5. The fourth-order valence-electron chi connectivity index (χ4n) is 2.43. The van der Waals surface area contributed by atoms with E-state index < -0.39 is 18.3 Å². The monoisotopic (exact) mass is 317 g/mol. The third-order valence-electron chi connectivity index (χ3n) is 4.44. The standard InChI is InChI=1S/C15H17BClN3O2/c1-14(2)15(3,4)22-16(21-14)11-5-6-12-10(13(11)17)9-20(19-12)8-7-18/h5-6,9H,8H2,1-4H3. The second-order valence-electron chi connectivity index (χ2n) is 6.47. The molecule has 0 unspecified atom stereocenters. The molecule has 1 aromatic heterocycles. The molecule has 0 spiro atoms. The van der Waals surface area contributed by atoms with Gasteiger partial charge in [0, 0.05) is 17.0 Å². The summed E-state index contributed by atoms with van der Waals surface area (Å²) in [5.41, 5.74) is 0.701. The normalized spacial score (nSPS) is 19.5. The van der Waals surface area contributed by atoms with Crippen molar-refractivity contribution in [3.63, 3.8) is 0 Å². The third-order valence-corrected chi connectivity index (χ3v) is 4.86. The van der Waals surface area contributed by atoms with Gasteiger partial charge in [-0.3, -0.25) is 4.68 Å². The molecule has 0 amide bonds. The maximum atomic E-state index is 8.77. The molecule has 5 nitrogen and oxygen atoms in total. The summed E-state index contributed by atoms with van der Waals surface area (Å²) in [6.45, 7) is 8.21. The number of benzene rings is 1. The second kappa shape index (κ2) is 4.99. The van der Waals surface area contributed by atoms with Gasteiger partial charge in [-0.2, -0.15) is 10.4 Å². The number of fused-ring (bicyclic) bond motifs is 1. The molecule has 3 rings (SSSR count). The number of hydrogen-bond donors (Lipinski definition) is 0. The average Bonchev–Trinajstić information content (AvgIpc) is 2.90. The first kappa shape index (κ1) is 15.4. The number of nitrogens with zero attached hydrogens (tertiary/aromatic N) is 3. The Morgan fingerprint density at radius 2 is 1.91 bits per heavy atom. The van der Waals surface area contributed by atoms with Crippen molar-refractivity contribution in [3.8, 4) is 6.07 Å². The predicted octanol–water partition coefficient (Wildman–Crippen LogP) is 2.51. The largest absolute Gasteiger partial charge is 0.496 e. The van der Waals surface area contributed by atoms with Crippen molar-refractivity contribution in [1.29, 1.82) is 5.26 Å². The van der Waals surface area contributed by atoms with Gasteiger partial charge in [0.1, 0.15) is 6.54 Å². The van der Waals surface area contributed by atoms with Gasteiger partial charge in [-0.15, -0.1) is 0 Å². The van der Waals surface area contributed by atoms with E-state index in [1.807, 2.05) is 39.8 Å². The van der Waals surface area contributed by atoms with E-state index in [1.165, 1.54) is 0 Å². The first-order valence-electron chi connectivity index (χ1n) is 7.13. The van der Waals surface area contributed by atoms with Crippen molar-refractivity contribution in [3.05, 3.63) is 23.4 Å². The Morgan fingerprint density at radius 1 is 1.27 bits per heavy atom. The quantitative estimate of drug-likeness (QED) is 0.799. The number of halogens is 1. The minimum atomic E-state index is -0.513. The fourth-order valence-corrected chi connectivity index (χ4v) is 2.73. The Labute approximate surface area is 134 Å². The predicted molar refractivity (Wildman–Crippen MR) is 86.1 cm³/mol. The van der Waals surface area contributed by atoms with Gasteiger partial charge < -0.3 is 9.31 Å². The Bertz CT molecular complexity index is 763. The van der Waals surface area contributed by atoms with E-state index in [4.69, 9.17) is 26.2 Å². The lowest BCUT2D eigenvalue weighted by Gasteiger charge is -2.32. The van der Waals surface area contributed by atoms with Crippen LogP contribution in [-0.4, -0.2) is 28.1 Å². The maximum Gasteiger partial charge on any atom is 0.496 e. The molecule has 1 aliphatic rings. The molecule has 1 saturated heterocycles. The van der Waals surface area contributed by atoms with E-state index >= 15 is 0 Å². The molecule has 22 heavy (non-hydrogen) atoms. The van der Waals surface area contributed by atoms with E-state index in [0.717, 1.165) is 16.4 Å². The van der Waals surface area contributed by atoms with Crippen molar-refractivity contribution in [2.75, 3.05) is 0 Å². The van der Waals surface area contributed by atoms with Gasteiger partial charge in [-0.05, 0) is 33.8 Å². The van der Waals surface area contributed by atoms with Gasteiger partial charge in [0.15, 0.2) is 0 Å². The number of rotatable bonds is 2. The number of hydrogen-bond acceptors (Lipinski definition) is 4. The number of nitriles is 1. The third kappa shape index (κ3) is 2.30. The highest BCUT2D eigenvalue weighted by Crippen LogP contribution is 2.37. The summed E-state index contributed by atoms with van der Waals surface area (Å²) in [4.78, 5) is 0. The van der Waals surface area contributed by atoms with Crippen molar-refractivity contribution < 1.29 is 9.31 Å².